The van der Waals surface area contributed by atoms with Crippen LogP contribution in [0.4, 0.5) is 0 Å². The maximum atomic E-state index is 11.9. The van der Waals surface area contributed by atoms with Crippen LogP contribution in [0.3, 0.4) is 0 Å². The van der Waals surface area contributed by atoms with Gasteiger partial charge in [0, 0.05) is 18.1 Å². The summed E-state index contributed by atoms with van der Waals surface area (Å²) in [6.45, 7) is 8.27. The zero-order valence-electron chi connectivity index (χ0n) is 11.4. The first-order chi connectivity index (χ1) is 7.80. The Morgan fingerprint density at radius 2 is 1.94 bits per heavy atom. The van der Waals surface area contributed by atoms with E-state index in [0.717, 1.165) is 19.3 Å². The van der Waals surface area contributed by atoms with Crippen molar-refractivity contribution in [3.63, 3.8) is 0 Å². The molecule has 17 heavy (non-hydrogen) atoms. The predicted molar refractivity (Wildman–Crippen MR) is 71.5 cm³/mol. The van der Waals surface area contributed by atoms with Gasteiger partial charge in [-0.3, -0.25) is 0 Å². The first-order valence-electron chi connectivity index (χ1n) is 6.56. The Kier molecular flexibility index (Phi) is 5.41. The summed E-state index contributed by atoms with van der Waals surface area (Å²) >= 11 is 0. The summed E-state index contributed by atoms with van der Waals surface area (Å²) in [6, 6.07) is 0.748. The van der Waals surface area contributed by atoms with Crippen molar-refractivity contribution in [2.75, 3.05) is 5.75 Å². The molecule has 102 valence electrons. The van der Waals surface area contributed by atoms with Crippen molar-refractivity contribution in [1.29, 1.82) is 0 Å². The lowest BCUT2D eigenvalue weighted by molar-refractivity contribution is 0.296. The van der Waals surface area contributed by atoms with Gasteiger partial charge in [0.1, 0.15) is 0 Å². The van der Waals surface area contributed by atoms with Crippen LogP contribution in [0.1, 0.15) is 47.0 Å². The summed E-state index contributed by atoms with van der Waals surface area (Å²) in [6.07, 6.45) is 2.68. The molecule has 3 unspecified atom stereocenters. The second-order valence-corrected chi connectivity index (χ2v) is 7.53. The maximum Gasteiger partial charge on any atom is 0.211 e. The van der Waals surface area contributed by atoms with E-state index < -0.39 is 10.0 Å². The van der Waals surface area contributed by atoms with Gasteiger partial charge in [-0.2, -0.15) is 0 Å². The van der Waals surface area contributed by atoms with E-state index in [-0.39, 0.29) is 17.8 Å². The van der Waals surface area contributed by atoms with Crippen molar-refractivity contribution >= 4 is 10.0 Å². The van der Waals surface area contributed by atoms with Gasteiger partial charge < -0.3 is 5.32 Å². The maximum absolute atomic E-state index is 11.9. The van der Waals surface area contributed by atoms with Gasteiger partial charge in [0.2, 0.25) is 10.0 Å². The average molecular weight is 262 g/mol. The molecule has 0 aromatic rings. The van der Waals surface area contributed by atoms with Crippen molar-refractivity contribution in [2.24, 2.45) is 5.92 Å². The van der Waals surface area contributed by atoms with Crippen LogP contribution in [0.2, 0.25) is 0 Å². The molecule has 1 fully saturated rings. The minimum Gasteiger partial charge on any atom is -0.310 e. The molecule has 0 amide bonds. The van der Waals surface area contributed by atoms with Crippen molar-refractivity contribution in [3.8, 4) is 0 Å². The molecule has 1 aliphatic heterocycles. The monoisotopic (exact) mass is 262 g/mol. The van der Waals surface area contributed by atoms with Crippen LogP contribution in [0.15, 0.2) is 0 Å². The Morgan fingerprint density at radius 1 is 1.29 bits per heavy atom. The molecular formula is C12H26N2O2S. The van der Waals surface area contributed by atoms with Gasteiger partial charge in [-0.05, 0) is 39.0 Å². The van der Waals surface area contributed by atoms with Crippen LogP contribution < -0.4 is 10.0 Å². The molecule has 5 heteroatoms. The Bertz CT molecular complexity index is 327. The van der Waals surface area contributed by atoms with E-state index in [1.54, 1.807) is 0 Å². The van der Waals surface area contributed by atoms with Crippen molar-refractivity contribution < 1.29 is 8.42 Å². The summed E-state index contributed by atoms with van der Waals surface area (Å²) in [7, 11) is -3.12. The largest absolute Gasteiger partial charge is 0.310 e. The average Bonchev–Trinajstić information content (AvgIpc) is 2.20. The topological polar surface area (TPSA) is 58.2 Å². The summed E-state index contributed by atoms with van der Waals surface area (Å²) < 4.78 is 26.6. The number of piperidine rings is 1. The fourth-order valence-corrected chi connectivity index (χ4v) is 3.85. The molecular weight excluding hydrogens is 236 g/mol. The molecule has 0 saturated carbocycles. The lowest BCUT2D eigenvalue weighted by Gasteiger charge is -2.34. The van der Waals surface area contributed by atoms with Gasteiger partial charge in [0.25, 0.3) is 0 Å². The van der Waals surface area contributed by atoms with E-state index in [1.165, 1.54) is 0 Å². The number of hydrogen-bond acceptors (Lipinski definition) is 3. The number of rotatable bonds is 5. The first kappa shape index (κ1) is 14.9. The van der Waals surface area contributed by atoms with Gasteiger partial charge in [0.15, 0.2) is 0 Å². The second-order valence-electron chi connectivity index (χ2n) is 5.66. The van der Waals surface area contributed by atoms with E-state index in [9.17, 15) is 8.42 Å². The zero-order valence-corrected chi connectivity index (χ0v) is 12.2. The molecule has 0 bridgehead atoms. The summed E-state index contributed by atoms with van der Waals surface area (Å²) in [5.74, 6) is 0.664. The first-order valence-corrected chi connectivity index (χ1v) is 8.21. The number of sulfonamides is 1. The highest BCUT2D eigenvalue weighted by molar-refractivity contribution is 7.89. The Balaban J connectivity index is 2.47. The summed E-state index contributed by atoms with van der Waals surface area (Å²) in [4.78, 5) is 0. The molecule has 0 spiro atoms. The highest BCUT2D eigenvalue weighted by atomic mass is 32.2. The highest BCUT2D eigenvalue weighted by Crippen LogP contribution is 2.14. The molecule has 1 saturated heterocycles. The second kappa shape index (κ2) is 6.16. The molecule has 0 aromatic carbocycles. The highest BCUT2D eigenvalue weighted by Gasteiger charge is 2.27. The lowest BCUT2D eigenvalue weighted by atomic mass is 9.96. The van der Waals surface area contributed by atoms with Gasteiger partial charge >= 0.3 is 0 Å². The predicted octanol–water partition coefficient (Wildman–Crippen LogP) is 1.48. The zero-order chi connectivity index (χ0) is 13.1. The molecule has 1 heterocycles. The van der Waals surface area contributed by atoms with Gasteiger partial charge in [-0.1, -0.05) is 13.8 Å². The molecule has 0 radical (unpaired) electrons. The molecule has 1 aliphatic rings. The van der Waals surface area contributed by atoms with E-state index >= 15 is 0 Å². The van der Waals surface area contributed by atoms with Crippen molar-refractivity contribution in [1.82, 2.24) is 10.0 Å². The van der Waals surface area contributed by atoms with Crippen LogP contribution in [-0.4, -0.2) is 32.3 Å². The molecule has 4 nitrogen and oxygen atoms in total. The third-order valence-corrected chi connectivity index (χ3v) is 4.79. The quantitative estimate of drug-likeness (QED) is 0.789. The van der Waals surface area contributed by atoms with Crippen LogP contribution in [-0.2, 0) is 10.0 Å². The van der Waals surface area contributed by atoms with Gasteiger partial charge in [-0.15, -0.1) is 0 Å². The van der Waals surface area contributed by atoms with E-state index in [1.807, 2.05) is 20.8 Å². The standard InChI is InChI=1S/C12H26N2O2S/c1-9(2)7-8-17(15,16)14-12-6-5-10(3)13-11(12)4/h9-14H,5-8H2,1-4H3. The number of nitrogens with one attached hydrogen (secondary N) is 2. The third kappa shape index (κ3) is 5.36. The van der Waals surface area contributed by atoms with E-state index in [0.29, 0.717) is 12.0 Å². The van der Waals surface area contributed by atoms with Crippen LogP contribution in [0.25, 0.3) is 0 Å². The van der Waals surface area contributed by atoms with E-state index in [4.69, 9.17) is 0 Å². The molecule has 2 N–H and O–H groups in total. The van der Waals surface area contributed by atoms with Crippen molar-refractivity contribution in [2.45, 2.75) is 65.1 Å². The SMILES string of the molecule is CC(C)CCS(=O)(=O)NC1CCC(C)NC1C. The molecule has 0 aliphatic carbocycles. The Morgan fingerprint density at radius 3 is 2.47 bits per heavy atom. The van der Waals surface area contributed by atoms with E-state index in [2.05, 4.69) is 17.0 Å². The van der Waals surface area contributed by atoms with Crippen molar-refractivity contribution in [3.05, 3.63) is 0 Å². The Labute approximate surface area is 106 Å². The minimum atomic E-state index is -3.12. The number of hydrogen-bond donors (Lipinski definition) is 2. The third-order valence-electron chi connectivity index (χ3n) is 3.36. The van der Waals surface area contributed by atoms with Crippen LogP contribution in [0, 0.1) is 5.92 Å². The minimum absolute atomic E-state index is 0.0448. The summed E-state index contributed by atoms with van der Waals surface area (Å²) in [5.41, 5.74) is 0. The molecule has 0 aromatic heterocycles. The smallest absolute Gasteiger partial charge is 0.211 e. The van der Waals surface area contributed by atoms with Gasteiger partial charge in [-0.25, -0.2) is 13.1 Å². The lowest BCUT2D eigenvalue weighted by Crippen LogP contribution is -2.55. The molecule has 3 atom stereocenters. The fraction of sp³-hybridized carbons (Fsp3) is 1.00. The van der Waals surface area contributed by atoms with Gasteiger partial charge in [0.05, 0.1) is 5.75 Å². The van der Waals surface area contributed by atoms with Crippen LogP contribution in [0.5, 0.6) is 0 Å². The molecule has 1 rings (SSSR count). The normalized spacial score (nSPS) is 30.8. The fourth-order valence-electron chi connectivity index (χ4n) is 2.17. The Hall–Kier alpha value is -0.130. The summed E-state index contributed by atoms with van der Waals surface area (Å²) in [5, 5.41) is 3.39. The van der Waals surface area contributed by atoms with Crippen LogP contribution >= 0.6 is 0 Å².